The number of hydrogen-bond acceptors (Lipinski definition) is 7. The number of nitrogens with two attached hydrogens (primary N) is 4. The first-order valence-corrected chi connectivity index (χ1v) is 11.6. The van der Waals surface area contributed by atoms with Gasteiger partial charge in [-0.1, -0.05) is 13.8 Å². The number of likely N-dealkylation sites (tertiary alicyclic amines) is 1. The topological polar surface area (TPSA) is 249 Å². The van der Waals surface area contributed by atoms with Crippen LogP contribution in [0.5, 0.6) is 0 Å². The Bertz CT molecular complexity index is 814. The zero-order valence-electron chi connectivity index (χ0n) is 20.2. The number of guanidine groups is 1. The lowest BCUT2D eigenvalue weighted by Crippen LogP contribution is -2.58. The third kappa shape index (κ3) is 10.2. The average Bonchev–Trinajstić information content (AvgIpc) is 3.24. The van der Waals surface area contributed by atoms with Crippen molar-refractivity contribution >= 4 is 35.6 Å². The number of amides is 4. The third-order valence-corrected chi connectivity index (χ3v) is 5.49. The van der Waals surface area contributed by atoms with E-state index in [2.05, 4.69) is 15.6 Å². The molecule has 0 aliphatic carbocycles. The van der Waals surface area contributed by atoms with Gasteiger partial charge in [-0.3, -0.25) is 24.2 Å². The van der Waals surface area contributed by atoms with Crippen LogP contribution in [0.15, 0.2) is 4.99 Å². The number of aliphatic carboxylic acids is 1. The van der Waals surface area contributed by atoms with Crippen LogP contribution in [0.25, 0.3) is 0 Å². The van der Waals surface area contributed by atoms with Crippen LogP contribution in [0.2, 0.25) is 0 Å². The minimum atomic E-state index is -1.36. The predicted octanol–water partition coefficient (Wildman–Crippen LogP) is -2.67. The van der Waals surface area contributed by atoms with Crippen LogP contribution >= 0.6 is 0 Å². The summed E-state index contributed by atoms with van der Waals surface area (Å²) in [7, 11) is 0. The zero-order valence-corrected chi connectivity index (χ0v) is 20.2. The molecule has 4 unspecified atom stereocenters. The molecule has 1 heterocycles. The molecule has 11 N–H and O–H groups in total. The molecule has 4 atom stereocenters. The Balaban J connectivity index is 2.91. The molecule has 0 spiro atoms. The highest BCUT2D eigenvalue weighted by molar-refractivity contribution is 5.96. The molecule has 1 fully saturated rings. The van der Waals surface area contributed by atoms with Gasteiger partial charge in [0.05, 0.1) is 12.5 Å². The number of nitrogens with zero attached hydrogens (tertiary/aromatic N) is 2. The number of rotatable bonds is 14. The summed E-state index contributed by atoms with van der Waals surface area (Å²) in [5.74, 6) is -4.07. The van der Waals surface area contributed by atoms with E-state index >= 15 is 0 Å². The van der Waals surface area contributed by atoms with E-state index in [1.54, 1.807) is 0 Å². The van der Waals surface area contributed by atoms with Gasteiger partial charge < -0.3 is 43.6 Å². The fraction of sp³-hybridized carbons (Fsp3) is 0.714. The Kier molecular flexibility index (Phi) is 11.9. The molecule has 0 saturated carbocycles. The van der Waals surface area contributed by atoms with Gasteiger partial charge in [0, 0.05) is 13.1 Å². The maximum absolute atomic E-state index is 13.1. The molecular weight excluding hydrogens is 460 g/mol. The summed E-state index contributed by atoms with van der Waals surface area (Å²) in [6.45, 7) is 4.21. The first-order valence-electron chi connectivity index (χ1n) is 11.6. The highest BCUT2D eigenvalue weighted by Gasteiger charge is 2.38. The Hall–Kier alpha value is -3.42. The zero-order chi connectivity index (χ0) is 26.7. The number of carboxylic acids is 1. The van der Waals surface area contributed by atoms with Crippen molar-refractivity contribution < 1.29 is 29.1 Å². The Labute approximate surface area is 204 Å². The average molecular weight is 499 g/mol. The Morgan fingerprint density at radius 2 is 1.69 bits per heavy atom. The normalized spacial score (nSPS) is 17.8. The number of carbonyl (C=O) groups is 5. The predicted molar refractivity (Wildman–Crippen MR) is 127 cm³/mol. The molecule has 0 bridgehead atoms. The van der Waals surface area contributed by atoms with Gasteiger partial charge in [0.1, 0.15) is 18.1 Å². The standard InChI is InChI=1S/C21H38N8O6/c1-11(2)9-14(19(33)29-8-4-6-15(29)20(34)35)28-18(32)13(10-16(23)30)27-17(31)12(22)5-3-7-26-21(24)25/h11-15H,3-10,22H2,1-2H3,(H2,23,30)(H,27,31)(H,28,32)(H,34,35)(H4,24,25,26). The number of nitrogens with one attached hydrogen (secondary N) is 2. The van der Waals surface area contributed by atoms with Crippen LogP contribution in [0.4, 0.5) is 0 Å². The van der Waals surface area contributed by atoms with E-state index in [1.807, 2.05) is 13.8 Å². The molecule has 35 heavy (non-hydrogen) atoms. The molecule has 1 saturated heterocycles. The van der Waals surface area contributed by atoms with Crippen LogP contribution in [0.1, 0.15) is 52.4 Å². The van der Waals surface area contributed by atoms with E-state index in [9.17, 15) is 29.1 Å². The fourth-order valence-electron chi connectivity index (χ4n) is 3.79. The number of aliphatic imine (C=N–C) groups is 1. The quantitative estimate of drug-likeness (QED) is 0.0748. The van der Waals surface area contributed by atoms with Gasteiger partial charge in [-0.15, -0.1) is 0 Å². The molecule has 1 aliphatic rings. The summed E-state index contributed by atoms with van der Waals surface area (Å²) < 4.78 is 0. The van der Waals surface area contributed by atoms with Gasteiger partial charge in [-0.2, -0.15) is 0 Å². The summed E-state index contributed by atoms with van der Waals surface area (Å²) in [5.41, 5.74) is 21.6. The summed E-state index contributed by atoms with van der Waals surface area (Å²) >= 11 is 0. The molecule has 1 aliphatic heterocycles. The fourth-order valence-corrected chi connectivity index (χ4v) is 3.79. The number of hydrogen-bond donors (Lipinski definition) is 7. The van der Waals surface area contributed by atoms with E-state index in [4.69, 9.17) is 22.9 Å². The summed E-state index contributed by atoms with van der Waals surface area (Å²) in [6.07, 6.45) is 1.20. The summed E-state index contributed by atoms with van der Waals surface area (Å²) in [5, 5.41) is 14.4. The van der Waals surface area contributed by atoms with Crippen molar-refractivity contribution in [1.29, 1.82) is 0 Å². The van der Waals surface area contributed by atoms with Gasteiger partial charge in [0.15, 0.2) is 5.96 Å². The van der Waals surface area contributed by atoms with E-state index in [0.717, 1.165) is 0 Å². The molecule has 0 aromatic carbocycles. The third-order valence-electron chi connectivity index (χ3n) is 5.49. The maximum Gasteiger partial charge on any atom is 0.326 e. The molecular formula is C21H38N8O6. The van der Waals surface area contributed by atoms with Crippen molar-refractivity contribution in [2.75, 3.05) is 13.1 Å². The molecule has 14 nitrogen and oxygen atoms in total. The molecule has 14 heteroatoms. The van der Waals surface area contributed by atoms with Gasteiger partial charge >= 0.3 is 5.97 Å². The van der Waals surface area contributed by atoms with Crippen molar-refractivity contribution in [1.82, 2.24) is 15.5 Å². The highest BCUT2D eigenvalue weighted by Crippen LogP contribution is 2.20. The van der Waals surface area contributed by atoms with Crippen molar-refractivity contribution in [3.63, 3.8) is 0 Å². The van der Waals surface area contributed by atoms with Crippen LogP contribution in [0, 0.1) is 5.92 Å². The molecule has 4 amide bonds. The second-order valence-corrected chi connectivity index (χ2v) is 9.01. The second kappa shape index (κ2) is 14.1. The Morgan fingerprint density at radius 1 is 1.06 bits per heavy atom. The minimum absolute atomic E-state index is 0.0158. The summed E-state index contributed by atoms with van der Waals surface area (Å²) in [6, 6.07) is -4.36. The molecule has 198 valence electrons. The number of carboxylic acid groups (broad SMARTS) is 1. The largest absolute Gasteiger partial charge is 0.480 e. The lowest BCUT2D eigenvalue weighted by Gasteiger charge is -2.29. The van der Waals surface area contributed by atoms with Crippen molar-refractivity contribution in [3.8, 4) is 0 Å². The van der Waals surface area contributed by atoms with Crippen molar-refractivity contribution in [3.05, 3.63) is 0 Å². The van der Waals surface area contributed by atoms with Crippen LogP contribution < -0.4 is 33.6 Å². The monoisotopic (exact) mass is 498 g/mol. The number of carbonyl (C=O) groups excluding carboxylic acids is 4. The van der Waals surface area contributed by atoms with E-state index < -0.39 is 60.2 Å². The van der Waals surface area contributed by atoms with Crippen molar-refractivity contribution in [2.24, 2.45) is 33.8 Å². The molecule has 0 aromatic rings. The minimum Gasteiger partial charge on any atom is -0.480 e. The van der Waals surface area contributed by atoms with Crippen LogP contribution in [-0.2, 0) is 24.0 Å². The van der Waals surface area contributed by atoms with E-state index in [1.165, 1.54) is 4.90 Å². The van der Waals surface area contributed by atoms with Gasteiger partial charge in [-0.25, -0.2) is 4.79 Å². The van der Waals surface area contributed by atoms with E-state index in [0.29, 0.717) is 19.3 Å². The second-order valence-electron chi connectivity index (χ2n) is 9.01. The first kappa shape index (κ1) is 29.6. The highest BCUT2D eigenvalue weighted by atomic mass is 16.4. The first-order chi connectivity index (χ1) is 16.3. The molecule has 1 rings (SSSR count). The van der Waals surface area contributed by atoms with Crippen LogP contribution in [0.3, 0.4) is 0 Å². The lowest BCUT2D eigenvalue weighted by molar-refractivity contribution is -0.149. The van der Waals surface area contributed by atoms with E-state index in [-0.39, 0.29) is 37.8 Å². The summed E-state index contributed by atoms with van der Waals surface area (Å²) in [4.78, 5) is 66.7. The SMILES string of the molecule is CC(C)CC(NC(=O)C(CC(N)=O)NC(=O)C(N)CCCN=C(N)N)C(=O)N1CCCC1C(=O)O. The van der Waals surface area contributed by atoms with Crippen molar-refractivity contribution in [2.45, 2.75) is 76.5 Å². The molecule has 0 aromatic heterocycles. The van der Waals surface area contributed by atoms with Gasteiger partial charge in [-0.05, 0) is 38.0 Å². The smallest absolute Gasteiger partial charge is 0.326 e. The Morgan fingerprint density at radius 3 is 2.23 bits per heavy atom. The van der Waals surface area contributed by atoms with Crippen LogP contribution in [-0.4, -0.2) is 82.8 Å². The molecule has 0 radical (unpaired) electrons. The van der Waals surface area contributed by atoms with Gasteiger partial charge in [0.25, 0.3) is 0 Å². The maximum atomic E-state index is 13.1. The lowest BCUT2D eigenvalue weighted by atomic mass is 10.0. The number of primary amides is 1. The van der Waals surface area contributed by atoms with Gasteiger partial charge in [0.2, 0.25) is 23.6 Å².